The molecule has 13 heteroatoms. The molecule has 21 heavy (non-hydrogen) atoms. The van der Waals surface area contributed by atoms with Crippen LogP contribution in [0, 0.1) is 0 Å². The second-order valence-corrected chi connectivity index (χ2v) is 5.31. The van der Waals surface area contributed by atoms with Gasteiger partial charge in [0.15, 0.2) is 0 Å². The predicted molar refractivity (Wildman–Crippen MR) is 73.3 cm³/mol. The first-order valence-electron chi connectivity index (χ1n) is 4.65. The van der Waals surface area contributed by atoms with Gasteiger partial charge in [-0.3, -0.25) is 14.7 Å². The molecule has 0 spiro atoms. The number of nitrogens with one attached hydrogen (secondary N) is 1. The van der Waals surface area contributed by atoms with Gasteiger partial charge in [0, 0.05) is 0 Å². The largest absolute Gasteiger partial charge is 0.447 e. The fourth-order valence-corrected chi connectivity index (χ4v) is 2.03. The summed E-state index contributed by atoms with van der Waals surface area (Å²) < 4.78 is 32.2. The lowest BCUT2D eigenvalue weighted by molar-refractivity contribution is 0.0966. The van der Waals surface area contributed by atoms with Crippen molar-refractivity contribution in [2.24, 2.45) is 4.99 Å². The van der Waals surface area contributed by atoms with Gasteiger partial charge in [-0.05, 0) is 6.07 Å². The van der Waals surface area contributed by atoms with Crippen LogP contribution < -0.4 is 5.32 Å². The maximum absolute atomic E-state index is 11.7. The summed E-state index contributed by atoms with van der Waals surface area (Å²) in [6.45, 7) is 0. The van der Waals surface area contributed by atoms with Crippen molar-refractivity contribution >= 4 is 63.5 Å². The van der Waals surface area contributed by atoms with Crippen molar-refractivity contribution in [2.75, 3.05) is 0 Å². The van der Waals surface area contributed by atoms with Crippen LogP contribution in [0.25, 0.3) is 0 Å². The zero-order valence-electron chi connectivity index (χ0n) is 9.58. The quantitative estimate of drug-likeness (QED) is 0.355. The third-order valence-electron chi connectivity index (χ3n) is 1.68. The van der Waals surface area contributed by atoms with Gasteiger partial charge in [0.2, 0.25) is 6.40 Å². The summed E-state index contributed by atoms with van der Waals surface area (Å²) in [5.41, 5.74) is -0.331. The minimum atomic E-state index is -4.80. The molecule has 1 rings (SSSR count). The Labute approximate surface area is 132 Å². The van der Waals surface area contributed by atoms with Crippen molar-refractivity contribution in [3.05, 3.63) is 27.0 Å². The number of hydrogen-bond acceptors (Lipinski definition) is 6. The van der Waals surface area contributed by atoms with E-state index in [4.69, 9.17) is 39.4 Å². The van der Waals surface area contributed by atoms with Crippen LogP contribution in [0.1, 0.15) is 10.4 Å². The molecular weight excluding hydrogens is 373 g/mol. The molecule has 0 aliphatic rings. The molecule has 1 aromatic rings. The summed E-state index contributed by atoms with van der Waals surface area (Å²) in [7, 11) is -4.80. The van der Waals surface area contributed by atoms with Crippen LogP contribution in [-0.2, 0) is 14.6 Å². The molecule has 1 heterocycles. The average Bonchev–Trinajstić information content (AvgIpc) is 2.24. The van der Waals surface area contributed by atoms with Crippen LogP contribution >= 0.6 is 34.8 Å². The Hall–Kier alpha value is -1.46. The Bertz CT molecular complexity index is 697. The average molecular weight is 377 g/mol. The summed E-state index contributed by atoms with van der Waals surface area (Å²) in [6.07, 6.45) is 0.112. The van der Waals surface area contributed by atoms with Crippen molar-refractivity contribution in [3.8, 4) is 0 Å². The van der Waals surface area contributed by atoms with Crippen LogP contribution in [0.3, 0.4) is 0 Å². The fraction of sp³-hybridized carbons (Fsp3) is 0. The molecule has 114 valence electrons. The zero-order valence-corrected chi connectivity index (χ0v) is 12.7. The van der Waals surface area contributed by atoms with E-state index in [1.807, 2.05) is 0 Å². The number of nitrogens with zero attached hydrogens (tertiary/aromatic N) is 2. The number of hydrogen-bond donors (Lipinski definition) is 2. The number of rotatable bonds is 3. The highest BCUT2D eigenvalue weighted by Crippen LogP contribution is 2.25. The monoisotopic (exact) mass is 375 g/mol. The number of amides is 3. The molecule has 3 amide bonds. The molecule has 0 unspecified atom stereocenters. The van der Waals surface area contributed by atoms with Gasteiger partial charge in [0.05, 0.1) is 10.6 Å². The second-order valence-electron chi connectivity index (χ2n) is 3.11. The van der Waals surface area contributed by atoms with E-state index in [0.717, 1.165) is 6.07 Å². The summed E-state index contributed by atoms with van der Waals surface area (Å²) in [5.74, 6) is -1.05. The van der Waals surface area contributed by atoms with Crippen molar-refractivity contribution in [3.63, 3.8) is 0 Å². The van der Waals surface area contributed by atoms with Crippen LogP contribution in [0.5, 0.6) is 0 Å². The van der Waals surface area contributed by atoms with Gasteiger partial charge < -0.3 is 4.18 Å². The van der Waals surface area contributed by atoms with Crippen molar-refractivity contribution in [2.45, 2.75) is 0 Å². The maximum Gasteiger partial charge on any atom is 0.447 e. The minimum Gasteiger partial charge on any atom is -0.349 e. The minimum absolute atomic E-state index is 0.0625. The Morgan fingerprint density at radius 3 is 2.52 bits per heavy atom. The third kappa shape index (κ3) is 5.81. The number of aliphatic imine (C=N–C) groups is 1. The molecule has 0 atom stereocenters. The summed E-state index contributed by atoms with van der Waals surface area (Å²) in [5, 5.41) is 1.12. The van der Waals surface area contributed by atoms with Crippen molar-refractivity contribution < 1.29 is 26.7 Å². The molecule has 9 nitrogen and oxygen atoms in total. The first-order valence-corrected chi connectivity index (χ1v) is 7.15. The Morgan fingerprint density at radius 2 is 2.00 bits per heavy atom. The normalized spacial score (nSPS) is 11.4. The standard InChI is InChI=1S/C8H4Cl3N3O6S/c9-3-1-4(10)13-6(11)5(3)7(15)14-8(16)12-2-20-21(17,18)19/h1-2H,(H,14,15,16)(H,17,18,19). The van der Waals surface area contributed by atoms with E-state index in [2.05, 4.69) is 14.2 Å². The van der Waals surface area contributed by atoms with E-state index in [0.29, 0.717) is 0 Å². The number of pyridine rings is 1. The first kappa shape index (κ1) is 17.6. The highest BCUT2D eigenvalue weighted by molar-refractivity contribution is 7.81. The molecule has 0 saturated carbocycles. The predicted octanol–water partition coefficient (Wildman–Crippen LogP) is 1.74. The van der Waals surface area contributed by atoms with Gasteiger partial charge in [0.25, 0.3) is 5.91 Å². The van der Waals surface area contributed by atoms with Gasteiger partial charge in [-0.25, -0.2) is 9.78 Å². The molecule has 0 radical (unpaired) electrons. The van der Waals surface area contributed by atoms with Crippen molar-refractivity contribution in [1.29, 1.82) is 0 Å². The zero-order chi connectivity index (χ0) is 16.2. The summed E-state index contributed by atoms with van der Waals surface area (Å²) in [4.78, 5) is 29.3. The number of carbonyl (C=O) groups excluding carboxylic acids is 2. The van der Waals surface area contributed by atoms with E-state index in [1.165, 1.54) is 0 Å². The lowest BCUT2D eigenvalue weighted by Crippen LogP contribution is -2.28. The lowest BCUT2D eigenvalue weighted by Gasteiger charge is -2.05. The molecule has 0 aromatic carbocycles. The smallest absolute Gasteiger partial charge is 0.349 e. The van der Waals surface area contributed by atoms with Gasteiger partial charge in [-0.2, -0.15) is 13.4 Å². The number of aromatic nitrogens is 1. The molecule has 0 fully saturated rings. The lowest BCUT2D eigenvalue weighted by atomic mass is 10.2. The maximum atomic E-state index is 11.7. The molecule has 0 bridgehead atoms. The number of halogens is 3. The van der Waals surface area contributed by atoms with E-state index in [9.17, 15) is 18.0 Å². The molecule has 0 aliphatic carbocycles. The Kier molecular flexibility index (Phi) is 5.87. The third-order valence-corrected chi connectivity index (χ3v) is 2.77. The molecule has 0 aliphatic heterocycles. The second kappa shape index (κ2) is 7.00. The van der Waals surface area contributed by atoms with Gasteiger partial charge in [-0.1, -0.05) is 34.8 Å². The molecule has 0 saturated heterocycles. The van der Waals surface area contributed by atoms with Crippen molar-refractivity contribution in [1.82, 2.24) is 10.3 Å². The van der Waals surface area contributed by atoms with Gasteiger partial charge in [-0.15, -0.1) is 0 Å². The van der Waals surface area contributed by atoms with Crippen LogP contribution in [-0.4, -0.2) is 36.3 Å². The Balaban J connectivity index is 2.81. The van der Waals surface area contributed by atoms with E-state index in [-0.39, 0.29) is 27.3 Å². The summed E-state index contributed by atoms with van der Waals surface area (Å²) >= 11 is 16.9. The Morgan fingerprint density at radius 1 is 1.38 bits per heavy atom. The van der Waals surface area contributed by atoms with E-state index in [1.54, 1.807) is 5.32 Å². The SMILES string of the molecule is O=C(N=COS(=O)(=O)O)NC(=O)c1c(Cl)cc(Cl)nc1Cl. The number of imide groups is 1. The highest BCUT2D eigenvalue weighted by Gasteiger charge is 2.19. The molecular formula is C8H4Cl3N3O6S. The highest BCUT2D eigenvalue weighted by atomic mass is 35.5. The van der Waals surface area contributed by atoms with Crippen LogP contribution in [0.2, 0.25) is 15.3 Å². The van der Waals surface area contributed by atoms with Gasteiger partial charge >= 0.3 is 16.4 Å². The summed E-state index contributed by atoms with van der Waals surface area (Å²) in [6, 6.07) is -0.176. The van der Waals surface area contributed by atoms with Crippen LogP contribution in [0.4, 0.5) is 4.79 Å². The number of urea groups is 1. The molecule has 2 N–H and O–H groups in total. The number of carbonyl (C=O) groups is 2. The first-order chi connectivity index (χ1) is 9.60. The van der Waals surface area contributed by atoms with E-state index >= 15 is 0 Å². The topological polar surface area (TPSA) is 135 Å². The van der Waals surface area contributed by atoms with E-state index < -0.39 is 22.3 Å². The van der Waals surface area contributed by atoms with Crippen LogP contribution in [0.15, 0.2) is 11.1 Å². The fourth-order valence-electron chi connectivity index (χ4n) is 0.975. The molecule has 1 aromatic heterocycles. The van der Waals surface area contributed by atoms with Gasteiger partial charge in [0.1, 0.15) is 10.3 Å².